The molecular formula is C30H25ClN2O2S. The van der Waals surface area contributed by atoms with Gasteiger partial charge >= 0.3 is 5.97 Å². The molecule has 6 heteroatoms. The molecule has 180 valence electrons. The number of cyclic esters (lactones) is 1. The molecule has 1 aromatic heterocycles. The topological polar surface area (TPSA) is 51.6 Å². The second kappa shape index (κ2) is 9.57. The van der Waals surface area contributed by atoms with Crippen molar-refractivity contribution in [2.45, 2.75) is 43.0 Å². The van der Waals surface area contributed by atoms with E-state index in [9.17, 15) is 4.79 Å². The van der Waals surface area contributed by atoms with Gasteiger partial charge in [-0.15, -0.1) is 0 Å². The van der Waals surface area contributed by atoms with Gasteiger partial charge in [0.25, 0.3) is 0 Å². The first-order valence-electron chi connectivity index (χ1n) is 11.6. The summed E-state index contributed by atoms with van der Waals surface area (Å²) in [7, 11) is 0. The van der Waals surface area contributed by atoms with Crippen molar-refractivity contribution in [3.8, 4) is 0 Å². The number of esters is 1. The maximum Gasteiger partial charge on any atom is 0.363 e. The normalized spacial score (nSPS) is 14.9. The van der Waals surface area contributed by atoms with Gasteiger partial charge in [-0.2, -0.15) is 0 Å². The van der Waals surface area contributed by atoms with Crippen molar-refractivity contribution >= 4 is 52.2 Å². The maximum atomic E-state index is 12.8. The van der Waals surface area contributed by atoms with Crippen molar-refractivity contribution < 1.29 is 9.53 Å². The molecule has 4 nitrogen and oxygen atoms in total. The first-order chi connectivity index (χ1) is 17.2. The molecular weight excluding hydrogens is 488 g/mol. The van der Waals surface area contributed by atoms with E-state index in [0.717, 1.165) is 37.5 Å². The van der Waals surface area contributed by atoms with E-state index in [-0.39, 0.29) is 11.1 Å². The molecule has 0 atom stereocenters. The van der Waals surface area contributed by atoms with Crippen molar-refractivity contribution in [3.63, 3.8) is 0 Å². The highest BCUT2D eigenvalue weighted by atomic mass is 35.5. The first kappa shape index (κ1) is 24.3. The lowest BCUT2D eigenvalue weighted by molar-refractivity contribution is -0.129. The number of hydrogen-bond donors (Lipinski definition) is 0. The zero-order valence-electron chi connectivity index (χ0n) is 20.5. The summed E-state index contributed by atoms with van der Waals surface area (Å²) in [6, 6.07) is 23.8. The molecule has 1 aliphatic rings. The molecule has 2 heterocycles. The number of halogens is 1. The van der Waals surface area contributed by atoms with Gasteiger partial charge in [0.15, 0.2) is 5.70 Å². The lowest BCUT2D eigenvalue weighted by Gasteiger charge is -2.18. The van der Waals surface area contributed by atoms with Crippen molar-refractivity contribution in [2.24, 2.45) is 4.99 Å². The molecule has 5 rings (SSSR count). The van der Waals surface area contributed by atoms with Gasteiger partial charge in [0, 0.05) is 26.4 Å². The van der Waals surface area contributed by atoms with E-state index in [2.05, 4.69) is 31.8 Å². The molecule has 0 unspecified atom stereocenters. The Morgan fingerprint density at radius 2 is 1.67 bits per heavy atom. The number of aromatic nitrogens is 1. The number of aryl methyl sites for hydroxylation is 1. The minimum atomic E-state index is -0.475. The van der Waals surface area contributed by atoms with Crippen molar-refractivity contribution in [2.75, 3.05) is 0 Å². The fourth-order valence-electron chi connectivity index (χ4n) is 3.89. The average molecular weight is 513 g/mol. The molecule has 0 aliphatic carbocycles. The van der Waals surface area contributed by atoms with Crippen LogP contribution in [-0.2, 0) is 14.9 Å². The summed E-state index contributed by atoms with van der Waals surface area (Å²) >= 11 is 7.58. The van der Waals surface area contributed by atoms with Crippen LogP contribution in [0.25, 0.3) is 17.0 Å². The number of carbonyl (C=O) groups excluding carboxylic acids is 1. The third kappa shape index (κ3) is 5.23. The standard InChI is InChI=1S/C30H25ClN2O2S/c1-18-5-14-25-20(15-18)16-21(28(33-25)36-24-12-10-23(31)11-13-24)17-26-29(34)35-27(32-26)19-6-8-22(9-7-19)30(2,3)4/h5-17H,1-4H3/b26-17+. The average Bonchev–Trinajstić information content (AvgIpc) is 3.20. The third-order valence-electron chi connectivity index (χ3n) is 5.90. The lowest BCUT2D eigenvalue weighted by Crippen LogP contribution is -2.11. The van der Waals surface area contributed by atoms with Crippen molar-refractivity contribution in [1.29, 1.82) is 0 Å². The number of hydrogen-bond acceptors (Lipinski definition) is 5. The number of pyridine rings is 1. The van der Waals surface area contributed by atoms with Crippen molar-refractivity contribution in [3.05, 3.63) is 106 Å². The van der Waals surface area contributed by atoms with E-state index in [1.165, 1.54) is 17.3 Å². The Morgan fingerprint density at radius 1 is 0.944 bits per heavy atom. The van der Waals surface area contributed by atoms with Crippen LogP contribution >= 0.6 is 23.4 Å². The number of aliphatic imine (C=N–C) groups is 1. The van der Waals surface area contributed by atoms with Crippen LogP contribution in [0, 0.1) is 6.92 Å². The largest absolute Gasteiger partial charge is 0.402 e. The van der Waals surface area contributed by atoms with Crippen LogP contribution in [0.3, 0.4) is 0 Å². The molecule has 0 bridgehead atoms. The fraction of sp³-hybridized carbons (Fsp3) is 0.167. The molecule has 0 saturated heterocycles. The molecule has 4 aromatic rings. The number of carbonyl (C=O) groups is 1. The summed E-state index contributed by atoms with van der Waals surface area (Å²) in [5.74, 6) is -0.167. The number of nitrogens with zero attached hydrogens (tertiary/aromatic N) is 2. The Morgan fingerprint density at radius 3 is 2.36 bits per heavy atom. The summed E-state index contributed by atoms with van der Waals surface area (Å²) in [4.78, 5) is 23.2. The van der Waals surface area contributed by atoms with Gasteiger partial charge < -0.3 is 4.74 Å². The molecule has 36 heavy (non-hydrogen) atoms. The van der Waals surface area contributed by atoms with E-state index in [1.54, 1.807) is 6.08 Å². The highest BCUT2D eigenvalue weighted by molar-refractivity contribution is 7.99. The maximum absolute atomic E-state index is 12.8. The summed E-state index contributed by atoms with van der Waals surface area (Å²) < 4.78 is 5.54. The Labute approximate surface area is 220 Å². The molecule has 0 fully saturated rings. The number of fused-ring (bicyclic) bond motifs is 1. The van der Waals surface area contributed by atoms with Crippen LogP contribution in [0.4, 0.5) is 0 Å². The SMILES string of the molecule is Cc1ccc2nc(Sc3ccc(Cl)cc3)c(/C=C3/N=C(c4ccc(C(C)(C)C)cc4)OC3=O)cc2c1. The van der Waals surface area contributed by atoms with Gasteiger partial charge in [0.2, 0.25) is 5.90 Å². The number of ether oxygens (including phenoxy) is 1. The minimum Gasteiger partial charge on any atom is -0.402 e. The van der Waals surface area contributed by atoms with Gasteiger partial charge in [-0.3, -0.25) is 0 Å². The second-order valence-electron chi connectivity index (χ2n) is 9.80. The molecule has 1 aliphatic heterocycles. The smallest absolute Gasteiger partial charge is 0.363 e. The van der Waals surface area contributed by atoms with Crippen LogP contribution in [0.2, 0.25) is 5.02 Å². The first-order valence-corrected chi connectivity index (χ1v) is 12.8. The zero-order valence-corrected chi connectivity index (χ0v) is 22.1. The predicted octanol–water partition coefficient (Wildman–Crippen LogP) is 7.99. The molecule has 0 saturated carbocycles. The highest BCUT2D eigenvalue weighted by Gasteiger charge is 2.25. The van der Waals surface area contributed by atoms with E-state index in [1.807, 2.05) is 73.7 Å². The molecule has 0 spiro atoms. The van der Waals surface area contributed by atoms with E-state index in [0.29, 0.717) is 10.9 Å². The molecule has 0 N–H and O–H groups in total. The van der Waals surface area contributed by atoms with Gasteiger partial charge in [0.1, 0.15) is 5.03 Å². The summed E-state index contributed by atoms with van der Waals surface area (Å²) in [5.41, 5.74) is 5.08. The Kier molecular flexibility index (Phi) is 6.45. The zero-order chi connectivity index (χ0) is 25.4. The van der Waals surface area contributed by atoms with Gasteiger partial charge in [-0.05, 0) is 78.6 Å². The highest BCUT2D eigenvalue weighted by Crippen LogP contribution is 2.34. The van der Waals surface area contributed by atoms with E-state index >= 15 is 0 Å². The van der Waals surface area contributed by atoms with Gasteiger partial charge in [-0.25, -0.2) is 14.8 Å². The van der Waals surface area contributed by atoms with E-state index in [4.69, 9.17) is 21.3 Å². The van der Waals surface area contributed by atoms with Crippen LogP contribution in [-0.4, -0.2) is 16.9 Å². The Balaban J connectivity index is 1.55. The quantitative estimate of drug-likeness (QED) is 0.205. The summed E-state index contributed by atoms with van der Waals surface area (Å²) in [6.07, 6.45) is 1.76. The van der Waals surface area contributed by atoms with Crippen LogP contribution in [0.1, 0.15) is 43.0 Å². The Hall–Kier alpha value is -3.41. The summed E-state index contributed by atoms with van der Waals surface area (Å²) in [6.45, 7) is 8.53. The fourth-order valence-corrected chi connectivity index (χ4v) is 4.89. The van der Waals surface area contributed by atoms with E-state index < -0.39 is 5.97 Å². The Bertz CT molecular complexity index is 1530. The van der Waals surface area contributed by atoms with Crippen LogP contribution < -0.4 is 0 Å². The minimum absolute atomic E-state index is 0.0390. The van der Waals surface area contributed by atoms with Crippen LogP contribution in [0.5, 0.6) is 0 Å². The lowest BCUT2D eigenvalue weighted by atomic mass is 9.87. The third-order valence-corrected chi connectivity index (χ3v) is 7.18. The second-order valence-corrected chi connectivity index (χ2v) is 11.3. The number of rotatable bonds is 4. The summed E-state index contributed by atoms with van der Waals surface area (Å²) in [5, 5.41) is 2.44. The number of benzene rings is 3. The van der Waals surface area contributed by atoms with Gasteiger partial charge in [0.05, 0.1) is 5.52 Å². The predicted molar refractivity (Wildman–Crippen MR) is 148 cm³/mol. The van der Waals surface area contributed by atoms with Crippen LogP contribution in [0.15, 0.2) is 93.4 Å². The van der Waals surface area contributed by atoms with Gasteiger partial charge in [-0.1, -0.05) is 67.9 Å². The monoisotopic (exact) mass is 512 g/mol. The van der Waals surface area contributed by atoms with Crippen molar-refractivity contribution in [1.82, 2.24) is 4.98 Å². The molecule has 3 aromatic carbocycles. The molecule has 0 radical (unpaired) electrons. The molecule has 0 amide bonds.